The van der Waals surface area contributed by atoms with Crippen LogP contribution >= 0.6 is 15.6 Å². The number of rotatable bonds is 2. The minimum absolute atomic E-state index is 1.64. The molecule has 0 saturated heterocycles. The molecule has 0 fully saturated rings. The highest BCUT2D eigenvalue weighted by Gasteiger charge is 2.27. The van der Waals surface area contributed by atoms with Crippen molar-refractivity contribution >= 4 is 15.6 Å². The van der Waals surface area contributed by atoms with Crippen molar-refractivity contribution < 1.29 is 33.0 Å². The van der Waals surface area contributed by atoms with E-state index in [0.717, 1.165) is 0 Å². The third-order valence-electron chi connectivity index (χ3n) is 1.17. The monoisotopic (exact) mass is 338 g/mol. The molecule has 0 spiro atoms. The zero-order valence-electron chi connectivity index (χ0n) is 10.3. The minimum Gasteiger partial charge on any atom is -0.302 e. The van der Waals surface area contributed by atoms with Gasteiger partial charge in [-0.3, -0.25) is 9.97 Å². The van der Waals surface area contributed by atoms with Gasteiger partial charge in [0.25, 0.3) is 0 Å². The molecule has 0 aliphatic rings. The first-order valence-electron chi connectivity index (χ1n) is 4.95. The molecular formula is C8H12N4O7P2. The van der Waals surface area contributed by atoms with Crippen molar-refractivity contribution in [1.82, 2.24) is 20.2 Å². The summed E-state index contributed by atoms with van der Waals surface area (Å²) < 4.78 is 22.2. The molecule has 0 saturated carbocycles. The molecule has 2 rings (SSSR count). The molecule has 0 aliphatic heterocycles. The third-order valence-corrected chi connectivity index (χ3v) is 2.88. The average Bonchev–Trinajstić information content (AvgIpc) is 2.40. The van der Waals surface area contributed by atoms with E-state index in [9.17, 15) is 9.13 Å². The molecular weight excluding hydrogens is 326 g/mol. The zero-order chi connectivity index (χ0) is 16.2. The summed E-state index contributed by atoms with van der Waals surface area (Å²) in [6.07, 6.45) is 9.83. The van der Waals surface area contributed by atoms with Crippen LogP contribution < -0.4 is 0 Å². The van der Waals surface area contributed by atoms with Gasteiger partial charge in [-0.15, -0.1) is 0 Å². The molecule has 13 heteroatoms. The molecule has 11 nitrogen and oxygen atoms in total. The van der Waals surface area contributed by atoms with Crippen LogP contribution in [-0.4, -0.2) is 39.7 Å². The van der Waals surface area contributed by atoms with Crippen LogP contribution in [0.15, 0.2) is 49.3 Å². The highest BCUT2D eigenvalue weighted by Crippen LogP contribution is 2.53. The fraction of sp³-hybridized carbons (Fsp3) is 0. The maximum Gasteiger partial charge on any atom is 0.478 e. The van der Waals surface area contributed by atoms with Crippen LogP contribution in [0.4, 0.5) is 0 Å². The Hall–Kier alpha value is -1.58. The van der Waals surface area contributed by atoms with E-state index in [1.807, 2.05) is 12.1 Å². The van der Waals surface area contributed by atoms with Gasteiger partial charge in [0.15, 0.2) is 0 Å². The van der Waals surface area contributed by atoms with E-state index >= 15 is 0 Å². The van der Waals surface area contributed by atoms with Crippen molar-refractivity contribution in [2.75, 3.05) is 0 Å². The highest BCUT2D eigenvalue weighted by atomic mass is 31.3. The van der Waals surface area contributed by atoms with Crippen molar-refractivity contribution in [3.05, 3.63) is 49.3 Å². The Kier molecular flexibility index (Phi) is 9.42. The smallest absolute Gasteiger partial charge is 0.302 e. The third kappa shape index (κ3) is 18.4. The Morgan fingerprint density at radius 3 is 1.10 bits per heavy atom. The predicted molar refractivity (Wildman–Crippen MR) is 69.2 cm³/mol. The molecule has 2 aromatic rings. The lowest BCUT2D eigenvalue weighted by atomic mass is 10.6. The number of nitrogens with zero attached hydrogens (tertiary/aromatic N) is 4. The molecule has 4 N–H and O–H groups in total. The summed E-state index contributed by atoms with van der Waals surface area (Å²) in [6, 6.07) is 3.65. The standard InChI is InChI=1S/2C4H4N2.H4O7P2/c1-2-6-4-3-5-1;1-2-4-6-5-3-1;1-8(2,3)7-9(4,5)6/h2*1-4H;(H2,1,2,3)(H2,4,5,6). The van der Waals surface area contributed by atoms with Gasteiger partial charge in [0.05, 0.1) is 0 Å². The Morgan fingerprint density at radius 1 is 0.667 bits per heavy atom. The molecule has 2 aromatic heterocycles. The second-order valence-corrected chi connectivity index (χ2v) is 5.49. The quantitative estimate of drug-likeness (QED) is 0.548. The molecule has 0 amide bonds. The van der Waals surface area contributed by atoms with Crippen molar-refractivity contribution in [2.24, 2.45) is 0 Å². The van der Waals surface area contributed by atoms with Gasteiger partial charge in [-0.2, -0.15) is 14.5 Å². The zero-order valence-corrected chi connectivity index (χ0v) is 12.1. The Morgan fingerprint density at radius 2 is 1.00 bits per heavy atom. The summed E-state index contributed by atoms with van der Waals surface area (Å²) in [7, 11) is -10.1. The molecule has 0 unspecified atom stereocenters. The molecule has 0 radical (unpaired) electrons. The van der Waals surface area contributed by atoms with Gasteiger partial charge in [-0.1, -0.05) is 0 Å². The summed E-state index contributed by atoms with van der Waals surface area (Å²) in [5, 5.41) is 7.07. The number of phosphoric acid groups is 2. The van der Waals surface area contributed by atoms with Gasteiger partial charge in [0.1, 0.15) is 0 Å². The summed E-state index contributed by atoms with van der Waals surface area (Å²) in [4.78, 5) is 38.4. The maximum absolute atomic E-state index is 9.63. The number of hydrogen-bond acceptors (Lipinski definition) is 7. The van der Waals surface area contributed by atoms with Crippen molar-refractivity contribution in [2.45, 2.75) is 0 Å². The van der Waals surface area contributed by atoms with Crippen LogP contribution in [0.5, 0.6) is 0 Å². The van der Waals surface area contributed by atoms with Crippen molar-refractivity contribution in [3.8, 4) is 0 Å². The van der Waals surface area contributed by atoms with Gasteiger partial charge in [0, 0.05) is 37.2 Å². The molecule has 0 atom stereocenters. The first-order valence-corrected chi connectivity index (χ1v) is 8.01. The van der Waals surface area contributed by atoms with E-state index < -0.39 is 15.6 Å². The maximum atomic E-state index is 9.63. The molecule has 0 aromatic carbocycles. The van der Waals surface area contributed by atoms with Crippen LogP contribution in [0.2, 0.25) is 0 Å². The topological polar surface area (TPSA) is 176 Å². The van der Waals surface area contributed by atoms with E-state index in [1.165, 1.54) is 0 Å². The first-order chi connectivity index (χ1) is 9.71. The van der Waals surface area contributed by atoms with Gasteiger partial charge in [-0.25, -0.2) is 9.13 Å². The number of aromatic nitrogens is 4. The molecule has 21 heavy (non-hydrogen) atoms. The molecule has 0 bridgehead atoms. The number of hydrogen-bond donors (Lipinski definition) is 4. The lowest BCUT2D eigenvalue weighted by Crippen LogP contribution is -1.84. The normalized spacial score (nSPS) is 10.5. The van der Waals surface area contributed by atoms with Gasteiger partial charge >= 0.3 is 15.6 Å². The van der Waals surface area contributed by atoms with Crippen LogP contribution in [0, 0.1) is 0 Å². The largest absolute Gasteiger partial charge is 0.478 e. The van der Waals surface area contributed by atoms with E-state index in [2.05, 4.69) is 24.5 Å². The van der Waals surface area contributed by atoms with Gasteiger partial charge in [-0.05, 0) is 12.1 Å². The summed E-state index contributed by atoms with van der Waals surface area (Å²) in [6.45, 7) is 0. The lowest BCUT2D eigenvalue weighted by Gasteiger charge is -2.03. The SMILES string of the molecule is O=P(O)(O)OP(=O)(O)O.c1ccnnc1.c1cnccn1. The lowest BCUT2D eigenvalue weighted by molar-refractivity contribution is 0.225. The van der Waals surface area contributed by atoms with E-state index in [4.69, 9.17) is 19.6 Å². The second-order valence-electron chi connectivity index (χ2n) is 2.87. The van der Waals surface area contributed by atoms with E-state index in [0.29, 0.717) is 0 Å². The van der Waals surface area contributed by atoms with Crippen LogP contribution in [-0.2, 0) is 13.4 Å². The Bertz CT molecular complexity index is 456. The molecule has 2 heterocycles. The Labute approximate surface area is 119 Å². The van der Waals surface area contributed by atoms with Crippen molar-refractivity contribution in [3.63, 3.8) is 0 Å². The van der Waals surface area contributed by atoms with Crippen LogP contribution in [0.25, 0.3) is 0 Å². The summed E-state index contributed by atoms with van der Waals surface area (Å²) in [5.41, 5.74) is 0. The van der Waals surface area contributed by atoms with Crippen LogP contribution in [0.3, 0.4) is 0 Å². The minimum atomic E-state index is -5.05. The van der Waals surface area contributed by atoms with E-state index in [-0.39, 0.29) is 0 Å². The average molecular weight is 338 g/mol. The summed E-state index contributed by atoms with van der Waals surface area (Å²) >= 11 is 0. The summed E-state index contributed by atoms with van der Waals surface area (Å²) in [5.74, 6) is 0. The fourth-order valence-corrected chi connectivity index (χ4v) is 1.75. The van der Waals surface area contributed by atoms with Crippen molar-refractivity contribution in [1.29, 1.82) is 0 Å². The fourth-order valence-electron chi connectivity index (χ4n) is 0.645. The van der Waals surface area contributed by atoms with Gasteiger partial charge in [0.2, 0.25) is 0 Å². The van der Waals surface area contributed by atoms with E-state index in [1.54, 1.807) is 37.2 Å². The molecule has 0 aliphatic carbocycles. The van der Waals surface area contributed by atoms with Gasteiger partial charge < -0.3 is 19.6 Å². The molecule has 116 valence electrons. The highest BCUT2D eigenvalue weighted by molar-refractivity contribution is 7.60. The predicted octanol–water partition coefficient (Wildman–Crippen LogP) is 0.142. The second kappa shape index (κ2) is 10.2. The Balaban J connectivity index is 0.000000293. The van der Waals surface area contributed by atoms with Crippen LogP contribution in [0.1, 0.15) is 0 Å². The first kappa shape index (κ1) is 19.4.